The van der Waals surface area contributed by atoms with Crippen LogP contribution in [0.1, 0.15) is 36.0 Å². The Kier molecular flexibility index (Phi) is 7.28. The molecule has 1 aliphatic heterocycles. The van der Waals surface area contributed by atoms with E-state index in [1.807, 2.05) is 18.2 Å². The van der Waals surface area contributed by atoms with Crippen LogP contribution >= 0.6 is 11.6 Å². The smallest absolute Gasteiger partial charge is 0.220 e. The van der Waals surface area contributed by atoms with Gasteiger partial charge in [-0.1, -0.05) is 48.9 Å². The number of hydrogen-bond donors (Lipinski definition) is 2. The molecule has 1 fully saturated rings. The van der Waals surface area contributed by atoms with Crippen molar-refractivity contribution in [1.82, 2.24) is 15.2 Å². The molecule has 1 atom stereocenters. The maximum absolute atomic E-state index is 12.9. The van der Waals surface area contributed by atoms with Crippen molar-refractivity contribution < 1.29 is 9.53 Å². The second-order valence-electron chi connectivity index (χ2n) is 8.05. The molecule has 0 radical (unpaired) electrons. The Bertz CT molecular complexity index is 1030. The number of carbonyl (C=O) groups is 1. The summed E-state index contributed by atoms with van der Waals surface area (Å²) in [6.45, 7) is 7.05. The molecule has 1 aliphatic rings. The van der Waals surface area contributed by atoms with Gasteiger partial charge in [0.25, 0.3) is 0 Å². The van der Waals surface area contributed by atoms with Crippen LogP contribution < -0.4 is 5.32 Å². The number of aromatic amines is 1. The fourth-order valence-corrected chi connectivity index (χ4v) is 4.59. The standard InChI is InChI=1S/C25H30ClN3O2/c1-2-18-5-4-8-21-23(17-28-25(18)21)22(19-6-3-7-20(26)15-19)16-24(30)27-9-10-29-11-13-31-14-12-29/h3-8,15,17,22,28H,2,9-14,16H2,1H3,(H,27,30). The number of rotatable bonds is 8. The molecule has 2 aromatic carbocycles. The zero-order valence-electron chi connectivity index (χ0n) is 18.0. The number of aromatic nitrogens is 1. The third-order valence-corrected chi connectivity index (χ3v) is 6.32. The molecule has 0 saturated carbocycles. The molecule has 5 nitrogen and oxygen atoms in total. The van der Waals surface area contributed by atoms with Gasteiger partial charge in [-0.25, -0.2) is 0 Å². The largest absolute Gasteiger partial charge is 0.379 e. The van der Waals surface area contributed by atoms with Crippen LogP contribution in [-0.4, -0.2) is 55.2 Å². The van der Waals surface area contributed by atoms with E-state index in [0.29, 0.717) is 18.0 Å². The van der Waals surface area contributed by atoms with E-state index in [9.17, 15) is 4.79 Å². The minimum Gasteiger partial charge on any atom is -0.379 e. The number of benzene rings is 2. The van der Waals surface area contributed by atoms with Gasteiger partial charge in [0.05, 0.1) is 13.2 Å². The first-order valence-electron chi connectivity index (χ1n) is 11.1. The van der Waals surface area contributed by atoms with Crippen molar-refractivity contribution in [3.05, 3.63) is 70.4 Å². The van der Waals surface area contributed by atoms with Gasteiger partial charge in [-0.3, -0.25) is 9.69 Å². The lowest BCUT2D eigenvalue weighted by Crippen LogP contribution is -2.41. The molecule has 1 amide bonds. The summed E-state index contributed by atoms with van der Waals surface area (Å²) in [5, 5.41) is 4.97. The SMILES string of the molecule is CCc1cccc2c(C(CC(=O)NCCN3CCOCC3)c3cccc(Cl)c3)c[nH]c12. The highest BCUT2D eigenvalue weighted by Gasteiger charge is 2.22. The Morgan fingerprint density at radius 1 is 1.23 bits per heavy atom. The number of aryl methyl sites for hydroxylation is 1. The van der Waals surface area contributed by atoms with Crippen LogP contribution in [0.5, 0.6) is 0 Å². The average molecular weight is 440 g/mol. The molecular formula is C25H30ClN3O2. The van der Waals surface area contributed by atoms with Crippen LogP contribution in [0.3, 0.4) is 0 Å². The average Bonchev–Trinajstić information content (AvgIpc) is 3.22. The summed E-state index contributed by atoms with van der Waals surface area (Å²) in [5.41, 5.74) is 4.62. The van der Waals surface area contributed by atoms with Crippen LogP contribution in [0.4, 0.5) is 0 Å². The molecule has 0 aliphatic carbocycles. The van der Waals surface area contributed by atoms with E-state index in [4.69, 9.17) is 16.3 Å². The number of fused-ring (bicyclic) bond motifs is 1. The maximum Gasteiger partial charge on any atom is 0.220 e. The second-order valence-corrected chi connectivity index (χ2v) is 8.49. The second kappa shape index (κ2) is 10.3. The van der Waals surface area contributed by atoms with Crippen molar-refractivity contribution in [2.45, 2.75) is 25.7 Å². The topological polar surface area (TPSA) is 57.4 Å². The monoisotopic (exact) mass is 439 g/mol. The van der Waals surface area contributed by atoms with Crippen LogP contribution in [0, 0.1) is 0 Å². The van der Waals surface area contributed by atoms with Crippen LogP contribution in [0.15, 0.2) is 48.7 Å². The van der Waals surface area contributed by atoms with Gasteiger partial charge in [0.2, 0.25) is 5.91 Å². The number of hydrogen-bond acceptors (Lipinski definition) is 3. The van der Waals surface area contributed by atoms with E-state index in [-0.39, 0.29) is 11.8 Å². The van der Waals surface area contributed by atoms with Gasteiger partial charge < -0.3 is 15.0 Å². The molecular weight excluding hydrogens is 410 g/mol. The van der Waals surface area contributed by atoms with Gasteiger partial charge in [-0.15, -0.1) is 0 Å². The zero-order valence-corrected chi connectivity index (χ0v) is 18.8. The fraction of sp³-hybridized carbons (Fsp3) is 0.400. The molecule has 1 aromatic heterocycles. The lowest BCUT2D eigenvalue weighted by Gasteiger charge is -2.26. The highest BCUT2D eigenvalue weighted by molar-refractivity contribution is 6.30. The molecule has 6 heteroatoms. The number of halogens is 1. The number of amides is 1. The fourth-order valence-electron chi connectivity index (χ4n) is 4.39. The number of nitrogens with one attached hydrogen (secondary N) is 2. The molecule has 2 N–H and O–H groups in total. The zero-order chi connectivity index (χ0) is 21.6. The number of ether oxygens (including phenoxy) is 1. The minimum absolute atomic E-state index is 0.0548. The summed E-state index contributed by atoms with van der Waals surface area (Å²) >= 11 is 6.30. The third kappa shape index (κ3) is 5.29. The van der Waals surface area contributed by atoms with Crippen molar-refractivity contribution in [2.24, 2.45) is 0 Å². The quantitative estimate of drug-likeness (QED) is 0.548. The van der Waals surface area contributed by atoms with Crippen molar-refractivity contribution in [2.75, 3.05) is 39.4 Å². The summed E-state index contributed by atoms with van der Waals surface area (Å²) in [4.78, 5) is 18.7. The summed E-state index contributed by atoms with van der Waals surface area (Å²) in [7, 11) is 0. The highest BCUT2D eigenvalue weighted by atomic mass is 35.5. The Morgan fingerprint density at radius 2 is 2.03 bits per heavy atom. The van der Waals surface area contributed by atoms with Gasteiger partial charge in [-0.05, 0) is 35.2 Å². The summed E-state index contributed by atoms with van der Waals surface area (Å²) in [6.07, 6.45) is 3.39. The lowest BCUT2D eigenvalue weighted by molar-refractivity contribution is -0.121. The predicted molar refractivity (Wildman–Crippen MR) is 126 cm³/mol. The summed E-state index contributed by atoms with van der Waals surface area (Å²) in [6, 6.07) is 14.2. The van der Waals surface area contributed by atoms with Gasteiger partial charge >= 0.3 is 0 Å². The van der Waals surface area contributed by atoms with Crippen LogP contribution in [0.25, 0.3) is 10.9 Å². The molecule has 31 heavy (non-hydrogen) atoms. The van der Waals surface area contributed by atoms with Crippen LogP contribution in [-0.2, 0) is 16.0 Å². The van der Waals surface area contributed by atoms with Crippen molar-refractivity contribution >= 4 is 28.4 Å². The molecule has 0 bridgehead atoms. The van der Waals surface area contributed by atoms with E-state index >= 15 is 0 Å². The lowest BCUT2D eigenvalue weighted by atomic mass is 9.87. The first kappa shape index (κ1) is 21.9. The van der Waals surface area contributed by atoms with Crippen molar-refractivity contribution in [3.63, 3.8) is 0 Å². The molecule has 1 unspecified atom stereocenters. The Hall–Kier alpha value is -2.34. The summed E-state index contributed by atoms with van der Waals surface area (Å²) in [5.74, 6) is -0.0119. The van der Waals surface area contributed by atoms with Crippen molar-refractivity contribution in [1.29, 1.82) is 0 Å². The van der Waals surface area contributed by atoms with Gasteiger partial charge in [0.15, 0.2) is 0 Å². The molecule has 3 aromatic rings. The van der Waals surface area contributed by atoms with E-state index < -0.39 is 0 Å². The molecule has 4 rings (SSSR count). The van der Waals surface area contributed by atoms with E-state index in [1.54, 1.807) is 0 Å². The van der Waals surface area contributed by atoms with Gasteiger partial charge in [-0.2, -0.15) is 0 Å². The summed E-state index contributed by atoms with van der Waals surface area (Å²) < 4.78 is 5.39. The van der Waals surface area contributed by atoms with Crippen molar-refractivity contribution in [3.8, 4) is 0 Å². The maximum atomic E-state index is 12.9. The Balaban J connectivity index is 1.53. The number of H-pyrrole nitrogens is 1. The minimum atomic E-state index is -0.0667. The first-order valence-corrected chi connectivity index (χ1v) is 11.4. The third-order valence-electron chi connectivity index (χ3n) is 6.08. The highest BCUT2D eigenvalue weighted by Crippen LogP contribution is 2.35. The van der Waals surface area contributed by atoms with Gasteiger partial charge in [0.1, 0.15) is 0 Å². The van der Waals surface area contributed by atoms with Crippen LogP contribution in [0.2, 0.25) is 5.02 Å². The first-order chi connectivity index (χ1) is 15.2. The molecule has 164 valence electrons. The molecule has 2 heterocycles. The van der Waals surface area contributed by atoms with E-state index in [2.05, 4.69) is 52.6 Å². The number of carbonyl (C=O) groups excluding carboxylic acids is 1. The Labute approximate surface area is 188 Å². The Morgan fingerprint density at radius 3 is 2.81 bits per heavy atom. The number of para-hydroxylation sites is 1. The van der Waals surface area contributed by atoms with Gasteiger partial charge in [0, 0.05) is 60.6 Å². The van der Waals surface area contributed by atoms with E-state index in [0.717, 1.165) is 55.9 Å². The van der Waals surface area contributed by atoms with E-state index in [1.165, 1.54) is 10.9 Å². The molecule has 1 saturated heterocycles. The predicted octanol–water partition coefficient (Wildman–Crippen LogP) is 4.35. The number of morpholine rings is 1. The number of nitrogens with zero attached hydrogens (tertiary/aromatic N) is 1. The normalized spacial score (nSPS) is 15.8. The molecule has 0 spiro atoms.